The second-order valence-electron chi connectivity index (χ2n) is 0.549. The molecule has 0 unspecified atom stereocenters. The zero-order valence-corrected chi connectivity index (χ0v) is 2.39. The first-order valence-corrected chi connectivity index (χ1v) is 1.15. The third kappa shape index (κ3) is 0.597. The molecule has 2 heteroatoms. The molecule has 2 N–H and O–H groups in total. The van der Waals surface area contributed by atoms with Crippen LogP contribution in [0.15, 0.2) is 0 Å². The number of hydrogen-bond donors (Lipinski definition) is 2. The third-order valence-electron chi connectivity index (χ3n) is 0.262. The first-order valence-electron chi connectivity index (χ1n) is 5.04. The molecule has 0 aromatic carbocycles. The summed E-state index contributed by atoms with van der Waals surface area (Å²) >= 11 is 0. The molecule has 1 saturated heterocycles. The molecule has 5 heavy (non-hydrogen) atoms. The van der Waals surface area contributed by atoms with Crippen molar-refractivity contribution < 1.29 is 11.0 Å². The van der Waals surface area contributed by atoms with E-state index in [1.807, 2.05) is 0 Å². The summed E-state index contributed by atoms with van der Waals surface area (Å²) in [5, 5.41) is 0. The normalized spacial score (nSPS) is 85.6. The maximum Gasteiger partial charge on any atom is 0.141 e. The first kappa shape index (κ1) is 0.453. The number of hydrogen-bond acceptors (Lipinski definition) is 2. The van der Waals surface area contributed by atoms with E-state index >= 15 is 0 Å². The van der Waals surface area contributed by atoms with Gasteiger partial charge >= 0.3 is 0 Å². The molecule has 2 nitrogen and oxygen atoms in total. The maximum absolute atomic E-state index is 7.15. The molecule has 0 saturated carbocycles. The van der Waals surface area contributed by atoms with Gasteiger partial charge in [0.15, 0.2) is 0 Å². The van der Waals surface area contributed by atoms with Crippen molar-refractivity contribution in [1.29, 1.82) is 0 Å². The summed E-state index contributed by atoms with van der Waals surface area (Å²) in [6.07, 6.45) is -2.93. The van der Waals surface area contributed by atoms with Crippen molar-refractivity contribution in [2.45, 2.75) is 6.37 Å². The van der Waals surface area contributed by atoms with Crippen molar-refractivity contribution in [2.75, 3.05) is 13.0 Å². The molecule has 0 aromatic rings. The SMILES string of the molecule is [2H]N1N([2H])C([2H])([2H])C([2H])([2H])C1([2H])[2H]. The van der Waals surface area contributed by atoms with Crippen LogP contribution in [0.5, 0.6) is 0 Å². The Hall–Kier alpha value is -0.0800. The van der Waals surface area contributed by atoms with Crippen LogP contribution in [0.25, 0.3) is 0 Å². The highest BCUT2D eigenvalue weighted by Gasteiger charge is 1.91. The summed E-state index contributed by atoms with van der Waals surface area (Å²) in [6.45, 7) is -5.70. The van der Waals surface area contributed by atoms with Crippen LogP contribution in [0.4, 0.5) is 0 Å². The molecule has 30 valence electrons. The lowest BCUT2D eigenvalue weighted by Crippen LogP contribution is -2.21. The van der Waals surface area contributed by atoms with Crippen molar-refractivity contribution in [1.82, 2.24) is 10.8 Å². The lowest BCUT2D eigenvalue weighted by atomic mass is 10.5. The van der Waals surface area contributed by atoms with Crippen molar-refractivity contribution in [3.05, 3.63) is 0 Å². The van der Waals surface area contributed by atoms with E-state index < -0.39 is 19.4 Å². The average molecular weight is 80.2 g/mol. The molecule has 1 fully saturated rings. The fourth-order valence-electron chi connectivity index (χ4n) is 0.125. The van der Waals surface area contributed by atoms with Gasteiger partial charge in [0.1, 0.15) is 2.82 Å². The van der Waals surface area contributed by atoms with Gasteiger partial charge in [0.2, 0.25) is 0 Å². The summed E-state index contributed by atoms with van der Waals surface area (Å²) in [5.74, 6) is 0. The second kappa shape index (κ2) is 1.38. The molecule has 0 bridgehead atoms. The van der Waals surface area contributed by atoms with Gasteiger partial charge in [-0.15, -0.1) is 0 Å². The Kier molecular flexibility index (Phi) is 0.125. The van der Waals surface area contributed by atoms with E-state index in [4.69, 9.17) is 11.0 Å². The maximum atomic E-state index is 7.15. The number of rotatable bonds is 0. The fourth-order valence-corrected chi connectivity index (χ4v) is 0.125. The molecule has 1 aliphatic rings. The van der Waals surface area contributed by atoms with Gasteiger partial charge in [0.05, 0.1) is 0 Å². The van der Waals surface area contributed by atoms with Crippen LogP contribution in [0.1, 0.15) is 14.6 Å². The van der Waals surface area contributed by atoms with Crippen LogP contribution in [0, 0.1) is 0 Å². The van der Waals surface area contributed by atoms with E-state index in [9.17, 15) is 0 Å². The molecule has 0 amide bonds. The molecular formula is C3H8N2. The van der Waals surface area contributed by atoms with Crippen LogP contribution < -0.4 is 10.8 Å². The molecule has 1 heterocycles. The van der Waals surface area contributed by atoms with E-state index in [1.54, 1.807) is 0 Å². The topological polar surface area (TPSA) is 24.1 Å². The molecular weight excluding hydrogens is 64.0 g/mol. The highest BCUT2D eigenvalue weighted by Crippen LogP contribution is 1.74. The minimum Gasteiger partial charge on any atom is -0.258 e. The van der Waals surface area contributed by atoms with E-state index in [-0.39, 0.29) is 10.8 Å². The summed E-state index contributed by atoms with van der Waals surface area (Å²) < 4.78 is 56.7. The Balaban J connectivity index is 3.23. The summed E-state index contributed by atoms with van der Waals surface area (Å²) in [7, 11) is 0. The lowest BCUT2D eigenvalue weighted by molar-refractivity contribution is 0.689. The molecule has 1 aliphatic heterocycles. The van der Waals surface area contributed by atoms with Crippen molar-refractivity contribution in [3.8, 4) is 0 Å². The zero-order chi connectivity index (χ0) is 10.7. The van der Waals surface area contributed by atoms with E-state index in [0.717, 1.165) is 0 Å². The third-order valence-corrected chi connectivity index (χ3v) is 0.262. The Labute approximate surface area is 42.9 Å². The van der Waals surface area contributed by atoms with Crippen LogP contribution in [-0.2, 0) is 0 Å². The van der Waals surface area contributed by atoms with Gasteiger partial charge < -0.3 is 0 Å². The Morgan fingerprint density at radius 3 is 2.40 bits per heavy atom. The number of nitrogens with one attached hydrogen (secondary N) is 2. The molecule has 0 aromatic heterocycles. The van der Waals surface area contributed by atoms with Gasteiger partial charge in [-0.1, -0.05) is 0 Å². The standard InChI is InChI=1S/C3H8N2/c1-2-4-5-3-1/h4-5H,1-3H2/i1D2,2D2,3D2/hD2. The van der Waals surface area contributed by atoms with Crippen LogP contribution in [0.2, 0.25) is 2.82 Å². The van der Waals surface area contributed by atoms with Crippen LogP contribution in [0.3, 0.4) is 0 Å². The molecule has 1 rings (SSSR count). The predicted molar refractivity (Wildman–Crippen MR) is 20.6 cm³/mol. The first-order chi connectivity index (χ1) is 5.57. The molecule has 0 atom stereocenters. The molecule has 0 aliphatic carbocycles. The average Bonchev–Trinajstić information content (AvgIpc) is 2.05. The Bertz CT molecular complexity index is 203. The van der Waals surface area contributed by atoms with Gasteiger partial charge in [0.25, 0.3) is 0 Å². The predicted octanol–water partition coefficient (Wildman–Crippen LogP) is -0.516. The van der Waals surface area contributed by atoms with Crippen molar-refractivity contribution in [2.24, 2.45) is 0 Å². The van der Waals surface area contributed by atoms with Gasteiger partial charge in [-0.2, -0.15) is 0 Å². The minimum absolute atomic E-state index is 0.146. The highest BCUT2D eigenvalue weighted by atomic mass is 15.4. The Morgan fingerprint density at radius 1 is 1.60 bits per heavy atom. The van der Waals surface area contributed by atoms with E-state index in [0.29, 0.717) is 0 Å². The van der Waals surface area contributed by atoms with Crippen LogP contribution in [-0.4, -0.2) is 13.0 Å². The molecule has 0 spiro atoms. The largest absolute Gasteiger partial charge is 0.258 e. The van der Waals surface area contributed by atoms with Crippen molar-refractivity contribution in [3.63, 3.8) is 0 Å². The Morgan fingerprint density at radius 2 is 2.20 bits per heavy atom. The molecule has 0 radical (unpaired) electrons. The van der Waals surface area contributed by atoms with Gasteiger partial charge in [-0.25, -0.2) is 0 Å². The minimum atomic E-state index is -2.93. The lowest BCUT2D eigenvalue weighted by Gasteiger charge is -1.81. The van der Waals surface area contributed by atoms with Crippen LogP contribution >= 0.6 is 0 Å². The van der Waals surface area contributed by atoms with Crippen molar-refractivity contribution >= 4 is 0 Å². The summed E-state index contributed by atoms with van der Waals surface area (Å²) in [6, 6.07) is 0. The van der Waals surface area contributed by atoms with Gasteiger partial charge in [0, 0.05) is 21.2 Å². The van der Waals surface area contributed by atoms with Gasteiger partial charge in [-0.3, -0.25) is 10.8 Å². The monoisotopic (exact) mass is 80.1 g/mol. The smallest absolute Gasteiger partial charge is 0.141 e. The van der Waals surface area contributed by atoms with E-state index in [1.165, 1.54) is 0 Å². The zero-order valence-electron chi connectivity index (χ0n) is 10.4. The number of hydrazine groups is 1. The fraction of sp³-hybridized carbons (Fsp3) is 1.00. The van der Waals surface area contributed by atoms with Gasteiger partial charge in [-0.05, 0) is 6.37 Å². The quantitative estimate of drug-likeness (QED) is 0.409. The van der Waals surface area contributed by atoms with E-state index in [2.05, 4.69) is 0 Å². The summed E-state index contributed by atoms with van der Waals surface area (Å²) in [5.41, 5.74) is -0.292. The second-order valence-corrected chi connectivity index (χ2v) is 0.549. The highest BCUT2D eigenvalue weighted by molar-refractivity contribution is 4.51. The summed E-state index contributed by atoms with van der Waals surface area (Å²) in [4.78, 5) is 0.